The molecule has 1 saturated carbocycles. The Labute approximate surface area is 128 Å². The van der Waals surface area contributed by atoms with Crippen LogP contribution in [0.1, 0.15) is 64.3 Å². The van der Waals surface area contributed by atoms with Gasteiger partial charge in [0.25, 0.3) is 0 Å². The first-order chi connectivity index (χ1) is 10.0. The van der Waals surface area contributed by atoms with Crippen LogP contribution in [-0.2, 0) is 16.9 Å². The van der Waals surface area contributed by atoms with E-state index < -0.39 is 0 Å². The molecule has 0 unspecified atom stereocenters. The molecule has 0 bridgehead atoms. The Balaban J connectivity index is 2.05. The highest BCUT2D eigenvalue weighted by Gasteiger charge is 2.41. The first-order valence-corrected chi connectivity index (χ1v) is 8.09. The molecule has 0 spiro atoms. The van der Waals surface area contributed by atoms with Crippen LogP contribution in [0.15, 0.2) is 12.4 Å². The Kier molecular flexibility index (Phi) is 5.33. The molecule has 4 heteroatoms. The number of aromatic nitrogens is 2. The molecule has 2 rings (SSSR count). The first kappa shape index (κ1) is 16.4. The molecule has 1 N–H and O–H groups in total. The largest absolute Gasteiger partial charge is 0.370 e. The highest BCUT2D eigenvalue weighted by molar-refractivity contribution is 5.11. The molecule has 118 valence electrons. The van der Waals surface area contributed by atoms with E-state index in [1.807, 2.05) is 12.4 Å². The fourth-order valence-corrected chi connectivity index (χ4v) is 2.94. The van der Waals surface area contributed by atoms with Crippen LogP contribution in [0, 0.1) is 5.41 Å². The number of nitrogens with one attached hydrogen (secondary N) is 1. The topological polar surface area (TPSA) is 47.0 Å². The molecule has 1 aliphatic carbocycles. The van der Waals surface area contributed by atoms with Crippen LogP contribution in [0.3, 0.4) is 0 Å². The Morgan fingerprint density at radius 1 is 1.14 bits per heavy atom. The number of rotatable bonds is 6. The van der Waals surface area contributed by atoms with Crippen LogP contribution >= 0.6 is 0 Å². The second kappa shape index (κ2) is 6.84. The third-order valence-corrected chi connectivity index (χ3v) is 4.67. The number of hydrogen-bond acceptors (Lipinski definition) is 4. The van der Waals surface area contributed by atoms with E-state index in [9.17, 15) is 0 Å². The maximum Gasteiger partial charge on any atom is 0.160 e. The zero-order valence-corrected chi connectivity index (χ0v) is 13.9. The van der Waals surface area contributed by atoms with Gasteiger partial charge in [0.15, 0.2) is 5.82 Å². The molecule has 1 aromatic rings. The summed E-state index contributed by atoms with van der Waals surface area (Å²) in [4.78, 5) is 9.19. The average molecular weight is 291 g/mol. The van der Waals surface area contributed by atoms with Crippen molar-refractivity contribution < 1.29 is 4.74 Å². The van der Waals surface area contributed by atoms with Gasteiger partial charge in [-0.25, -0.2) is 9.97 Å². The fourth-order valence-electron chi connectivity index (χ4n) is 2.94. The van der Waals surface area contributed by atoms with Crippen LogP contribution in [0.5, 0.6) is 0 Å². The lowest BCUT2D eigenvalue weighted by Crippen LogP contribution is -2.38. The van der Waals surface area contributed by atoms with Crippen molar-refractivity contribution in [1.29, 1.82) is 0 Å². The van der Waals surface area contributed by atoms with Crippen LogP contribution in [-0.4, -0.2) is 23.6 Å². The Morgan fingerprint density at radius 2 is 1.76 bits per heavy atom. The minimum absolute atomic E-state index is 0.287. The quantitative estimate of drug-likeness (QED) is 0.816. The van der Waals surface area contributed by atoms with E-state index in [2.05, 4.69) is 36.1 Å². The summed E-state index contributed by atoms with van der Waals surface area (Å²) in [5.41, 5.74) is 1.26. The molecule has 1 heterocycles. The Hall–Kier alpha value is -1.00. The van der Waals surface area contributed by atoms with Crippen molar-refractivity contribution in [3.05, 3.63) is 23.8 Å². The van der Waals surface area contributed by atoms with Gasteiger partial charge in [-0.1, -0.05) is 20.8 Å². The fraction of sp³-hybridized carbons (Fsp3) is 0.765. The monoisotopic (exact) mass is 291 g/mol. The zero-order valence-electron chi connectivity index (χ0n) is 13.9. The van der Waals surface area contributed by atoms with Gasteiger partial charge in [-0.2, -0.15) is 0 Å². The van der Waals surface area contributed by atoms with Gasteiger partial charge in [0, 0.05) is 31.6 Å². The molecule has 21 heavy (non-hydrogen) atoms. The maximum absolute atomic E-state index is 5.86. The van der Waals surface area contributed by atoms with Crippen molar-refractivity contribution >= 4 is 0 Å². The lowest BCUT2D eigenvalue weighted by molar-refractivity contribution is -0.0729. The van der Waals surface area contributed by atoms with E-state index in [0.29, 0.717) is 5.41 Å². The van der Waals surface area contributed by atoms with E-state index in [0.717, 1.165) is 56.6 Å². The number of methoxy groups -OCH3 is 1. The summed E-state index contributed by atoms with van der Waals surface area (Å²) in [6, 6.07) is 0. The van der Waals surface area contributed by atoms with Crippen molar-refractivity contribution in [2.75, 3.05) is 13.7 Å². The molecule has 4 nitrogen and oxygen atoms in total. The molecule has 1 fully saturated rings. The molecule has 0 atom stereocenters. The van der Waals surface area contributed by atoms with E-state index in [-0.39, 0.29) is 5.60 Å². The zero-order chi connectivity index (χ0) is 15.3. The Morgan fingerprint density at radius 3 is 2.29 bits per heavy atom. The van der Waals surface area contributed by atoms with Crippen molar-refractivity contribution in [2.45, 2.75) is 65.0 Å². The van der Waals surface area contributed by atoms with E-state index in [1.54, 1.807) is 7.11 Å². The predicted molar refractivity (Wildman–Crippen MR) is 85.0 cm³/mol. The summed E-state index contributed by atoms with van der Waals surface area (Å²) in [7, 11) is 1.79. The summed E-state index contributed by atoms with van der Waals surface area (Å²) in [6.45, 7) is 8.69. The maximum atomic E-state index is 5.86. The van der Waals surface area contributed by atoms with E-state index in [4.69, 9.17) is 4.74 Å². The second-order valence-electron chi connectivity index (χ2n) is 6.95. The minimum Gasteiger partial charge on any atom is -0.370 e. The van der Waals surface area contributed by atoms with Crippen LogP contribution in [0.4, 0.5) is 0 Å². The van der Waals surface area contributed by atoms with Gasteiger partial charge in [-0.3, -0.25) is 0 Å². The van der Waals surface area contributed by atoms with Crippen LogP contribution < -0.4 is 5.32 Å². The minimum atomic E-state index is -0.287. The Bertz CT molecular complexity index is 432. The van der Waals surface area contributed by atoms with E-state index in [1.165, 1.54) is 0 Å². The van der Waals surface area contributed by atoms with Crippen LogP contribution in [0.25, 0.3) is 0 Å². The molecule has 0 amide bonds. The van der Waals surface area contributed by atoms with Gasteiger partial charge in [0.2, 0.25) is 0 Å². The molecule has 1 aromatic heterocycles. The van der Waals surface area contributed by atoms with Gasteiger partial charge in [0.05, 0.1) is 0 Å². The first-order valence-electron chi connectivity index (χ1n) is 8.09. The van der Waals surface area contributed by atoms with Crippen molar-refractivity contribution in [3.8, 4) is 0 Å². The normalized spacial score (nSPS) is 20.4. The van der Waals surface area contributed by atoms with Gasteiger partial charge in [0.1, 0.15) is 5.60 Å². The van der Waals surface area contributed by atoms with Gasteiger partial charge < -0.3 is 10.1 Å². The number of nitrogens with zero attached hydrogens (tertiary/aromatic N) is 2. The third kappa shape index (κ3) is 4.01. The third-order valence-electron chi connectivity index (χ3n) is 4.67. The smallest absolute Gasteiger partial charge is 0.160 e. The molecular formula is C17H29N3O. The van der Waals surface area contributed by atoms with Crippen molar-refractivity contribution in [3.63, 3.8) is 0 Å². The van der Waals surface area contributed by atoms with Crippen LogP contribution in [0.2, 0.25) is 0 Å². The summed E-state index contributed by atoms with van der Waals surface area (Å²) in [6.07, 6.45) is 9.33. The van der Waals surface area contributed by atoms with Crippen molar-refractivity contribution in [1.82, 2.24) is 15.3 Å². The van der Waals surface area contributed by atoms with Gasteiger partial charge in [-0.05, 0) is 44.1 Å². The molecule has 0 radical (unpaired) electrons. The second-order valence-corrected chi connectivity index (χ2v) is 6.95. The molecule has 0 aromatic carbocycles. The van der Waals surface area contributed by atoms with Crippen molar-refractivity contribution in [2.24, 2.45) is 5.41 Å². The van der Waals surface area contributed by atoms with Gasteiger partial charge in [-0.15, -0.1) is 0 Å². The molecule has 1 aliphatic rings. The summed E-state index contributed by atoms with van der Waals surface area (Å²) >= 11 is 0. The average Bonchev–Trinajstić information content (AvgIpc) is 2.49. The number of hydrogen-bond donors (Lipinski definition) is 1. The highest BCUT2D eigenvalue weighted by atomic mass is 16.5. The lowest BCUT2D eigenvalue weighted by atomic mass is 9.70. The summed E-state index contributed by atoms with van der Waals surface area (Å²) in [5.74, 6) is 0.847. The highest BCUT2D eigenvalue weighted by Crippen LogP contribution is 2.45. The number of ether oxygens (including phenoxy) is 1. The molecule has 0 saturated heterocycles. The SMILES string of the molecule is CCCNCc1cnc(C2(OC)CCC(C)(C)CC2)nc1. The molecular weight excluding hydrogens is 262 g/mol. The van der Waals surface area contributed by atoms with E-state index >= 15 is 0 Å². The summed E-state index contributed by atoms with van der Waals surface area (Å²) < 4.78 is 5.86. The lowest BCUT2D eigenvalue weighted by Gasteiger charge is -2.41. The molecule has 0 aliphatic heterocycles. The van der Waals surface area contributed by atoms with Gasteiger partial charge >= 0.3 is 0 Å². The standard InChI is InChI=1S/C17H29N3O/c1-5-10-18-11-14-12-19-15(20-13-14)17(21-4)8-6-16(2,3)7-9-17/h12-13,18H,5-11H2,1-4H3. The summed E-state index contributed by atoms with van der Waals surface area (Å²) in [5, 5.41) is 3.37. The predicted octanol–water partition coefficient (Wildman–Crippen LogP) is 3.42.